The number of aryl methyl sites for hydroxylation is 1. The number of esters is 1. The fourth-order valence-electron chi connectivity index (χ4n) is 2.91. The van der Waals surface area contributed by atoms with Crippen LogP contribution in [-0.2, 0) is 19.6 Å². The Labute approximate surface area is 132 Å². The molecule has 1 saturated carbocycles. The van der Waals surface area contributed by atoms with Crippen LogP contribution in [0.4, 0.5) is 0 Å². The van der Waals surface area contributed by atoms with Gasteiger partial charge in [0, 0.05) is 13.1 Å². The molecule has 0 radical (unpaired) electrons. The molecule has 0 N–H and O–H groups in total. The highest BCUT2D eigenvalue weighted by atomic mass is 32.2. The maximum absolute atomic E-state index is 12.6. The van der Waals surface area contributed by atoms with Gasteiger partial charge in [-0.05, 0) is 44.7 Å². The first kappa shape index (κ1) is 17.0. The highest BCUT2D eigenvalue weighted by Crippen LogP contribution is 2.30. The Bertz CT molecular complexity index is 616. The average molecular weight is 325 g/mol. The lowest BCUT2D eigenvalue weighted by molar-refractivity contribution is -0.146. The van der Waals surface area contributed by atoms with Crippen LogP contribution in [0.1, 0.15) is 31.2 Å². The molecule has 0 saturated heterocycles. The smallest absolute Gasteiger partial charge is 0.308 e. The molecule has 0 unspecified atom stereocenters. The maximum Gasteiger partial charge on any atom is 0.308 e. The van der Waals surface area contributed by atoms with E-state index < -0.39 is 10.0 Å². The molecular weight excluding hydrogens is 302 g/mol. The Morgan fingerprint density at radius 2 is 1.68 bits per heavy atom. The van der Waals surface area contributed by atoms with E-state index in [1.165, 1.54) is 11.4 Å². The first-order chi connectivity index (χ1) is 10.4. The Morgan fingerprint density at radius 1 is 1.14 bits per heavy atom. The third-order valence-corrected chi connectivity index (χ3v) is 6.37. The van der Waals surface area contributed by atoms with E-state index in [0.717, 1.165) is 5.56 Å². The Balaban J connectivity index is 2.07. The molecule has 0 spiro atoms. The van der Waals surface area contributed by atoms with Crippen molar-refractivity contribution >= 4 is 16.0 Å². The molecule has 5 nitrogen and oxygen atoms in total. The summed E-state index contributed by atoms with van der Waals surface area (Å²) in [5, 5.41) is 0. The molecule has 0 aromatic heterocycles. The van der Waals surface area contributed by atoms with Gasteiger partial charge in [-0.3, -0.25) is 4.79 Å². The predicted octanol–water partition coefficient (Wildman–Crippen LogP) is 2.35. The van der Waals surface area contributed by atoms with Gasteiger partial charge >= 0.3 is 5.97 Å². The van der Waals surface area contributed by atoms with Crippen molar-refractivity contribution < 1.29 is 17.9 Å². The quantitative estimate of drug-likeness (QED) is 0.797. The molecule has 22 heavy (non-hydrogen) atoms. The van der Waals surface area contributed by atoms with E-state index in [9.17, 15) is 13.2 Å². The first-order valence-corrected chi connectivity index (χ1v) is 8.93. The van der Waals surface area contributed by atoms with E-state index in [2.05, 4.69) is 0 Å². The number of benzene rings is 1. The van der Waals surface area contributed by atoms with Crippen LogP contribution in [0.15, 0.2) is 29.2 Å². The van der Waals surface area contributed by atoms with Gasteiger partial charge in [0.15, 0.2) is 0 Å². The van der Waals surface area contributed by atoms with Crippen molar-refractivity contribution in [2.45, 2.75) is 43.5 Å². The fourth-order valence-corrected chi connectivity index (χ4v) is 4.33. The van der Waals surface area contributed by atoms with Crippen molar-refractivity contribution in [1.29, 1.82) is 0 Å². The monoisotopic (exact) mass is 325 g/mol. The van der Waals surface area contributed by atoms with E-state index in [1.807, 2.05) is 6.92 Å². The van der Waals surface area contributed by atoms with Gasteiger partial charge in [-0.25, -0.2) is 8.42 Å². The van der Waals surface area contributed by atoms with Gasteiger partial charge < -0.3 is 4.74 Å². The zero-order valence-corrected chi connectivity index (χ0v) is 14.1. The normalized spacial score (nSPS) is 22.5. The Morgan fingerprint density at radius 3 is 2.18 bits per heavy atom. The summed E-state index contributed by atoms with van der Waals surface area (Å²) < 4.78 is 31.5. The number of rotatable bonds is 4. The van der Waals surface area contributed by atoms with Crippen LogP contribution in [-0.4, -0.2) is 38.9 Å². The maximum atomic E-state index is 12.6. The lowest BCUT2D eigenvalue weighted by atomic mass is 9.86. The number of carbonyl (C=O) groups is 1. The molecule has 6 heteroatoms. The number of methoxy groups -OCH3 is 1. The van der Waals surface area contributed by atoms with Crippen molar-refractivity contribution in [2.75, 3.05) is 14.2 Å². The number of hydrogen-bond donors (Lipinski definition) is 0. The molecule has 0 aliphatic heterocycles. The van der Waals surface area contributed by atoms with Crippen molar-refractivity contribution in [3.8, 4) is 0 Å². The van der Waals surface area contributed by atoms with Crippen LogP contribution in [0.3, 0.4) is 0 Å². The van der Waals surface area contributed by atoms with Crippen molar-refractivity contribution in [2.24, 2.45) is 5.92 Å². The number of nitrogens with zero attached hydrogens (tertiary/aromatic N) is 1. The highest BCUT2D eigenvalue weighted by Gasteiger charge is 2.33. The van der Waals surface area contributed by atoms with E-state index in [-0.39, 0.29) is 17.9 Å². The van der Waals surface area contributed by atoms with E-state index in [1.54, 1.807) is 31.3 Å². The number of sulfonamides is 1. The second-order valence-corrected chi connectivity index (χ2v) is 7.86. The SMILES string of the molecule is COC(=O)C1CCC(N(C)S(=O)(=O)c2ccc(C)cc2)CC1. The molecule has 0 heterocycles. The molecule has 1 aromatic carbocycles. The molecular formula is C16H23NO4S. The summed E-state index contributed by atoms with van der Waals surface area (Å²) >= 11 is 0. The van der Waals surface area contributed by atoms with E-state index in [4.69, 9.17) is 4.74 Å². The minimum atomic E-state index is -3.48. The highest BCUT2D eigenvalue weighted by molar-refractivity contribution is 7.89. The summed E-state index contributed by atoms with van der Waals surface area (Å²) in [6.07, 6.45) is 2.71. The summed E-state index contributed by atoms with van der Waals surface area (Å²) in [5.41, 5.74) is 1.03. The topological polar surface area (TPSA) is 63.7 Å². The molecule has 0 atom stereocenters. The standard InChI is InChI=1S/C16H23NO4S/c1-12-4-10-15(11-5-12)22(19,20)17(2)14-8-6-13(7-9-14)16(18)21-3/h4-5,10-11,13-14H,6-9H2,1-3H3. The summed E-state index contributed by atoms with van der Waals surface area (Å²) in [5.74, 6) is -0.292. The summed E-state index contributed by atoms with van der Waals surface area (Å²) in [6.45, 7) is 1.92. The first-order valence-electron chi connectivity index (χ1n) is 7.48. The lowest BCUT2D eigenvalue weighted by Crippen LogP contribution is -2.40. The molecule has 1 fully saturated rings. The van der Waals surface area contributed by atoms with Gasteiger partial charge in [0.2, 0.25) is 10.0 Å². The zero-order chi connectivity index (χ0) is 16.3. The summed E-state index contributed by atoms with van der Waals surface area (Å²) in [4.78, 5) is 11.9. The van der Waals surface area contributed by atoms with E-state index >= 15 is 0 Å². The number of carbonyl (C=O) groups excluding carboxylic acids is 1. The molecule has 122 valence electrons. The van der Waals surface area contributed by atoms with Crippen LogP contribution in [0.25, 0.3) is 0 Å². The molecule has 1 aromatic rings. The lowest BCUT2D eigenvalue weighted by Gasteiger charge is -2.33. The minimum absolute atomic E-state index is 0.0628. The third-order valence-electron chi connectivity index (χ3n) is 4.44. The zero-order valence-electron chi connectivity index (χ0n) is 13.3. The second kappa shape index (κ2) is 6.79. The molecule has 1 aliphatic carbocycles. The largest absolute Gasteiger partial charge is 0.469 e. The molecule has 0 bridgehead atoms. The molecule has 1 aliphatic rings. The van der Waals surface area contributed by atoms with Crippen molar-refractivity contribution in [3.05, 3.63) is 29.8 Å². The minimum Gasteiger partial charge on any atom is -0.469 e. The molecule has 0 amide bonds. The van der Waals surface area contributed by atoms with Gasteiger partial charge in [-0.15, -0.1) is 0 Å². The second-order valence-electron chi connectivity index (χ2n) is 5.86. The Hall–Kier alpha value is -1.40. The predicted molar refractivity (Wildman–Crippen MR) is 83.9 cm³/mol. The fraction of sp³-hybridized carbons (Fsp3) is 0.562. The van der Waals surface area contributed by atoms with Crippen molar-refractivity contribution in [3.63, 3.8) is 0 Å². The van der Waals surface area contributed by atoms with Gasteiger partial charge in [-0.2, -0.15) is 4.31 Å². The third kappa shape index (κ3) is 3.50. The van der Waals surface area contributed by atoms with Gasteiger partial charge in [0.1, 0.15) is 0 Å². The van der Waals surface area contributed by atoms with Gasteiger partial charge in [-0.1, -0.05) is 17.7 Å². The van der Waals surface area contributed by atoms with Crippen LogP contribution >= 0.6 is 0 Å². The van der Waals surface area contributed by atoms with Crippen LogP contribution in [0.5, 0.6) is 0 Å². The van der Waals surface area contributed by atoms with Gasteiger partial charge in [0.05, 0.1) is 17.9 Å². The summed E-state index contributed by atoms with van der Waals surface area (Å²) in [7, 11) is -0.467. The van der Waals surface area contributed by atoms with Crippen LogP contribution in [0.2, 0.25) is 0 Å². The van der Waals surface area contributed by atoms with Crippen LogP contribution < -0.4 is 0 Å². The Kier molecular flexibility index (Phi) is 5.24. The van der Waals surface area contributed by atoms with Crippen molar-refractivity contribution in [1.82, 2.24) is 4.31 Å². The van der Waals surface area contributed by atoms with E-state index in [0.29, 0.717) is 30.6 Å². The number of hydrogen-bond acceptors (Lipinski definition) is 4. The molecule has 2 rings (SSSR count). The van der Waals surface area contributed by atoms with Crippen LogP contribution in [0, 0.1) is 12.8 Å². The average Bonchev–Trinajstić information content (AvgIpc) is 2.54. The van der Waals surface area contributed by atoms with Gasteiger partial charge in [0.25, 0.3) is 0 Å². The summed E-state index contributed by atoms with van der Waals surface area (Å²) in [6, 6.07) is 6.82. The number of ether oxygens (including phenoxy) is 1.